The third kappa shape index (κ3) is 6.30. The molecule has 6 heteroatoms. The molecule has 3 aromatic carbocycles. The van der Waals surface area contributed by atoms with Gasteiger partial charge in [-0.25, -0.2) is 4.39 Å². The molecule has 0 saturated carbocycles. The molecule has 1 heterocycles. The highest BCUT2D eigenvalue weighted by Gasteiger charge is 2.35. The number of carbonyl (C=O) groups excluding carboxylic acids is 1. The van der Waals surface area contributed by atoms with Crippen molar-refractivity contribution in [1.29, 1.82) is 0 Å². The Hall–Kier alpha value is -3.67. The number of hydrogen-bond acceptors (Lipinski definition) is 3. The second-order valence-corrected chi connectivity index (χ2v) is 10.2. The number of carboxylic acids is 1. The van der Waals surface area contributed by atoms with Crippen LogP contribution in [0.15, 0.2) is 66.7 Å². The Kier molecular flexibility index (Phi) is 7.43. The van der Waals surface area contributed by atoms with E-state index in [9.17, 15) is 19.1 Å². The first-order valence-corrected chi connectivity index (χ1v) is 12.2. The SMILES string of the molecule is CC(C)c1ccc(C[C@@]2(C)Cc3cc(CC(=O)N(CC(=O)O)Cc4ccc(F)cc4)ccc3O2)cc1. The summed E-state index contributed by atoms with van der Waals surface area (Å²) >= 11 is 0. The lowest BCUT2D eigenvalue weighted by atomic mass is 9.90. The van der Waals surface area contributed by atoms with Gasteiger partial charge in [0.25, 0.3) is 0 Å². The maximum Gasteiger partial charge on any atom is 0.323 e. The van der Waals surface area contributed by atoms with Gasteiger partial charge in [0.1, 0.15) is 23.7 Å². The van der Waals surface area contributed by atoms with Crippen LogP contribution in [0.2, 0.25) is 0 Å². The first-order chi connectivity index (χ1) is 17.1. The first-order valence-electron chi connectivity index (χ1n) is 12.2. The summed E-state index contributed by atoms with van der Waals surface area (Å²) in [6.45, 7) is 6.15. The summed E-state index contributed by atoms with van der Waals surface area (Å²) < 4.78 is 19.5. The van der Waals surface area contributed by atoms with E-state index in [1.54, 1.807) is 12.1 Å². The average molecular weight is 490 g/mol. The third-order valence-electron chi connectivity index (χ3n) is 6.59. The van der Waals surface area contributed by atoms with Crippen LogP contribution < -0.4 is 4.74 Å². The summed E-state index contributed by atoms with van der Waals surface area (Å²) in [6.07, 6.45) is 1.58. The second kappa shape index (κ2) is 10.5. The predicted molar refractivity (Wildman–Crippen MR) is 137 cm³/mol. The van der Waals surface area contributed by atoms with E-state index in [1.807, 2.05) is 18.2 Å². The zero-order chi connectivity index (χ0) is 25.9. The van der Waals surface area contributed by atoms with Crippen LogP contribution in [0.1, 0.15) is 54.5 Å². The molecule has 0 saturated heterocycles. The number of nitrogens with zero attached hydrogens (tertiary/aromatic N) is 1. The Morgan fingerprint density at radius 2 is 1.64 bits per heavy atom. The van der Waals surface area contributed by atoms with Crippen molar-refractivity contribution in [3.05, 3.63) is 100 Å². The van der Waals surface area contributed by atoms with Crippen LogP contribution in [-0.2, 0) is 35.4 Å². The molecule has 1 amide bonds. The van der Waals surface area contributed by atoms with Crippen molar-refractivity contribution in [3.63, 3.8) is 0 Å². The minimum atomic E-state index is -1.09. The van der Waals surface area contributed by atoms with Gasteiger partial charge in [0.2, 0.25) is 5.91 Å². The number of carboxylic acid groups (broad SMARTS) is 1. The van der Waals surface area contributed by atoms with Crippen molar-refractivity contribution in [2.24, 2.45) is 0 Å². The molecule has 0 aliphatic carbocycles. The predicted octanol–water partition coefficient (Wildman–Crippen LogP) is 5.54. The van der Waals surface area contributed by atoms with Crippen molar-refractivity contribution < 1.29 is 23.8 Å². The number of benzene rings is 3. The smallest absolute Gasteiger partial charge is 0.323 e. The van der Waals surface area contributed by atoms with Crippen molar-refractivity contribution in [3.8, 4) is 5.75 Å². The Labute approximate surface area is 211 Å². The molecule has 5 nitrogen and oxygen atoms in total. The van der Waals surface area contributed by atoms with E-state index in [2.05, 4.69) is 45.0 Å². The molecule has 0 radical (unpaired) electrons. The third-order valence-corrected chi connectivity index (χ3v) is 6.59. The van der Waals surface area contributed by atoms with Crippen molar-refractivity contribution in [1.82, 2.24) is 4.90 Å². The maximum atomic E-state index is 13.2. The molecule has 1 N–H and O–H groups in total. The van der Waals surface area contributed by atoms with E-state index >= 15 is 0 Å². The largest absolute Gasteiger partial charge is 0.487 e. The number of carbonyl (C=O) groups is 2. The molecule has 36 heavy (non-hydrogen) atoms. The van der Waals surface area contributed by atoms with Crippen LogP contribution in [0, 0.1) is 5.82 Å². The minimum Gasteiger partial charge on any atom is -0.487 e. The lowest BCUT2D eigenvalue weighted by Crippen LogP contribution is -2.36. The van der Waals surface area contributed by atoms with E-state index in [4.69, 9.17) is 4.74 Å². The highest BCUT2D eigenvalue weighted by atomic mass is 19.1. The summed E-state index contributed by atoms with van der Waals surface area (Å²) in [7, 11) is 0. The zero-order valence-corrected chi connectivity index (χ0v) is 21.0. The minimum absolute atomic E-state index is 0.0785. The molecule has 1 aliphatic rings. The molecular formula is C30H32FNO4. The van der Waals surface area contributed by atoms with Gasteiger partial charge in [-0.05, 0) is 58.9 Å². The second-order valence-electron chi connectivity index (χ2n) is 10.2. The summed E-state index contributed by atoms with van der Waals surface area (Å²) in [5.41, 5.74) is 4.68. The number of hydrogen-bond donors (Lipinski definition) is 1. The fourth-order valence-corrected chi connectivity index (χ4v) is 4.73. The first kappa shape index (κ1) is 25.4. The molecule has 0 aromatic heterocycles. The van der Waals surface area contributed by atoms with Crippen LogP contribution in [0.3, 0.4) is 0 Å². The molecule has 0 fully saturated rings. The Morgan fingerprint density at radius 1 is 1.00 bits per heavy atom. The van der Waals surface area contributed by atoms with E-state index in [1.165, 1.54) is 28.2 Å². The van der Waals surface area contributed by atoms with E-state index in [0.29, 0.717) is 11.5 Å². The Bertz CT molecular complexity index is 1240. The molecule has 1 aliphatic heterocycles. The van der Waals surface area contributed by atoms with Gasteiger partial charge in [0.15, 0.2) is 0 Å². The van der Waals surface area contributed by atoms with Gasteiger partial charge in [-0.2, -0.15) is 0 Å². The number of rotatable bonds is 9. The average Bonchev–Trinajstić information content (AvgIpc) is 3.15. The lowest BCUT2D eigenvalue weighted by molar-refractivity contribution is -0.144. The number of halogens is 1. The summed E-state index contributed by atoms with van der Waals surface area (Å²) in [6, 6.07) is 20.1. The van der Waals surface area contributed by atoms with Crippen molar-refractivity contribution >= 4 is 11.9 Å². The molecule has 0 unspecified atom stereocenters. The molecule has 188 valence electrons. The summed E-state index contributed by atoms with van der Waals surface area (Å²) in [5, 5.41) is 9.30. The van der Waals surface area contributed by atoms with Crippen molar-refractivity contribution in [2.75, 3.05) is 6.54 Å². The van der Waals surface area contributed by atoms with Gasteiger partial charge in [-0.3, -0.25) is 9.59 Å². The molecule has 0 bridgehead atoms. The Morgan fingerprint density at radius 3 is 2.28 bits per heavy atom. The fourth-order valence-electron chi connectivity index (χ4n) is 4.73. The highest BCUT2D eigenvalue weighted by molar-refractivity contribution is 5.83. The number of amides is 1. The van der Waals surface area contributed by atoms with Crippen LogP contribution in [-0.4, -0.2) is 34.0 Å². The number of aliphatic carboxylic acids is 1. The fraction of sp³-hybridized carbons (Fsp3) is 0.333. The highest BCUT2D eigenvalue weighted by Crippen LogP contribution is 2.37. The van der Waals surface area contributed by atoms with Crippen LogP contribution in [0.5, 0.6) is 5.75 Å². The Balaban J connectivity index is 1.43. The van der Waals surface area contributed by atoms with E-state index in [-0.39, 0.29) is 30.3 Å². The standard InChI is InChI=1S/C30H32FNO4/c1-20(2)24-9-4-21(5-10-24)16-30(3)17-25-14-23(8-13-27(25)36-30)15-28(33)32(19-29(34)35)18-22-6-11-26(31)12-7-22/h4-14,20H,15-19H2,1-3H3,(H,34,35)/t30-/m0/s1. The van der Waals surface area contributed by atoms with Gasteiger partial charge >= 0.3 is 5.97 Å². The molecule has 0 spiro atoms. The number of ether oxygens (including phenoxy) is 1. The lowest BCUT2D eigenvalue weighted by Gasteiger charge is -2.24. The summed E-state index contributed by atoms with van der Waals surface area (Å²) in [5.74, 6) is -0.459. The van der Waals surface area contributed by atoms with Gasteiger partial charge < -0.3 is 14.7 Å². The zero-order valence-electron chi connectivity index (χ0n) is 21.0. The number of fused-ring (bicyclic) bond motifs is 1. The van der Waals surface area contributed by atoms with Crippen LogP contribution in [0.25, 0.3) is 0 Å². The van der Waals surface area contributed by atoms with Gasteiger partial charge in [0.05, 0.1) is 6.42 Å². The summed E-state index contributed by atoms with van der Waals surface area (Å²) in [4.78, 5) is 25.7. The molecular weight excluding hydrogens is 457 g/mol. The maximum absolute atomic E-state index is 13.2. The molecule has 4 rings (SSSR count). The van der Waals surface area contributed by atoms with Crippen LogP contribution in [0.4, 0.5) is 4.39 Å². The topological polar surface area (TPSA) is 66.8 Å². The normalized spacial score (nSPS) is 16.5. The molecule has 1 atom stereocenters. The van der Waals surface area contributed by atoms with E-state index < -0.39 is 12.5 Å². The van der Waals surface area contributed by atoms with Gasteiger partial charge in [-0.1, -0.05) is 62.4 Å². The van der Waals surface area contributed by atoms with Crippen LogP contribution >= 0.6 is 0 Å². The van der Waals surface area contributed by atoms with E-state index in [0.717, 1.165) is 29.7 Å². The molecule has 3 aromatic rings. The van der Waals surface area contributed by atoms with Crippen molar-refractivity contribution in [2.45, 2.75) is 58.1 Å². The quantitative estimate of drug-likeness (QED) is 0.429. The van der Waals surface area contributed by atoms with Gasteiger partial charge in [-0.15, -0.1) is 0 Å². The van der Waals surface area contributed by atoms with Gasteiger partial charge in [0, 0.05) is 19.4 Å². The monoisotopic (exact) mass is 489 g/mol.